The van der Waals surface area contributed by atoms with Gasteiger partial charge in [-0.15, -0.1) is 11.3 Å². The summed E-state index contributed by atoms with van der Waals surface area (Å²) in [4.78, 5) is 13.6. The molecule has 1 unspecified atom stereocenters. The first-order valence-corrected chi connectivity index (χ1v) is 6.72. The summed E-state index contributed by atoms with van der Waals surface area (Å²) >= 11 is 1.72. The topological polar surface area (TPSA) is 76.7 Å². The standard InChI is InChI=1S/C12H17N5S/c1-7(2)10(9-5-4-6-18-9)16-12-15-8(3)14-11(13)17-12/h4-7,10H,1-3H3,(H3,13,14,15,16,17). The van der Waals surface area contributed by atoms with Gasteiger partial charge < -0.3 is 11.1 Å². The summed E-state index contributed by atoms with van der Waals surface area (Å²) in [5.74, 6) is 1.84. The second kappa shape index (κ2) is 5.30. The molecule has 0 fully saturated rings. The average molecular weight is 263 g/mol. The van der Waals surface area contributed by atoms with Crippen LogP contribution in [0, 0.1) is 12.8 Å². The van der Waals surface area contributed by atoms with Crippen LogP contribution in [0.3, 0.4) is 0 Å². The molecule has 18 heavy (non-hydrogen) atoms. The van der Waals surface area contributed by atoms with Crippen LogP contribution in [0.2, 0.25) is 0 Å². The molecule has 2 rings (SSSR count). The van der Waals surface area contributed by atoms with Gasteiger partial charge in [0, 0.05) is 4.88 Å². The summed E-state index contributed by atoms with van der Waals surface area (Å²) in [5.41, 5.74) is 5.63. The molecule has 5 nitrogen and oxygen atoms in total. The van der Waals surface area contributed by atoms with Crippen molar-refractivity contribution in [2.24, 2.45) is 5.92 Å². The molecule has 0 spiro atoms. The molecule has 0 aliphatic rings. The van der Waals surface area contributed by atoms with Crippen LogP contribution in [0.25, 0.3) is 0 Å². The molecule has 0 saturated carbocycles. The molecule has 96 valence electrons. The molecule has 0 bridgehead atoms. The number of nitrogens with zero attached hydrogens (tertiary/aromatic N) is 3. The van der Waals surface area contributed by atoms with Crippen LogP contribution in [0.1, 0.15) is 30.6 Å². The normalized spacial score (nSPS) is 12.7. The first-order valence-electron chi connectivity index (χ1n) is 5.84. The van der Waals surface area contributed by atoms with Crippen LogP contribution in [0.15, 0.2) is 17.5 Å². The Kier molecular flexibility index (Phi) is 3.76. The molecule has 1 atom stereocenters. The number of hydrogen-bond acceptors (Lipinski definition) is 6. The van der Waals surface area contributed by atoms with E-state index in [1.165, 1.54) is 4.88 Å². The van der Waals surface area contributed by atoms with Crippen LogP contribution in [0.4, 0.5) is 11.9 Å². The molecule has 2 heterocycles. The Labute approximate surface area is 111 Å². The molecule has 0 aliphatic heterocycles. The van der Waals surface area contributed by atoms with E-state index in [1.54, 1.807) is 18.3 Å². The molecule has 0 radical (unpaired) electrons. The Bertz CT molecular complexity index is 489. The Balaban J connectivity index is 2.24. The first kappa shape index (κ1) is 12.8. The maximum atomic E-state index is 5.63. The summed E-state index contributed by atoms with van der Waals surface area (Å²) < 4.78 is 0. The molecule has 2 aromatic heterocycles. The van der Waals surface area contributed by atoms with E-state index in [9.17, 15) is 0 Å². The first-order chi connectivity index (χ1) is 8.56. The van der Waals surface area contributed by atoms with E-state index < -0.39 is 0 Å². The average Bonchev–Trinajstić information content (AvgIpc) is 2.77. The second-order valence-electron chi connectivity index (χ2n) is 4.45. The van der Waals surface area contributed by atoms with Crippen molar-refractivity contribution in [3.8, 4) is 0 Å². The largest absolute Gasteiger partial charge is 0.368 e. The summed E-state index contributed by atoms with van der Waals surface area (Å²) in [6.45, 7) is 6.13. The predicted molar refractivity (Wildman–Crippen MR) is 74.5 cm³/mol. The van der Waals surface area contributed by atoms with Crippen molar-refractivity contribution in [2.75, 3.05) is 11.1 Å². The zero-order valence-corrected chi connectivity index (χ0v) is 11.5. The van der Waals surface area contributed by atoms with Gasteiger partial charge in [0.1, 0.15) is 5.82 Å². The molecule has 0 aromatic carbocycles. The smallest absolute Gasteiger partial charge is 0.228 e. The Morgan fingerprint density at radius 1 is 1.28 bits per heavy atom. The highest BCUT2D eigenvalue weighted by atomic mass is 32.1. The number of thiophene rings is 1. The van der Waals surface area contributed by atoms with Gasteiger partial charge in [0.2, 0.25) is 11.9 Å². The van der Waals surface area contributed by atoms with E-state index in [1.807, 2.05) is 6.07 Å². The highest BCUT2D eigenvalue weighted by molar-refractivity contribution is 7.10. The van der Waals surface area contributed by atoms with Crippen molar-refractivity contribution in [3.63, 3.8) is 0 Å². The minimum Gasteiger partial charge on any atom is -0.368 e. The van der Waals surface area contributed by atoms with Crippen LogP contribution in [0.5, 0.6) is 0 Å². The lowest BCUT2D eigenvalue weighted by atomic mass is 10.0. The van der Waals surface area contributed by atoms with Gasteiger partial charge in [-0.2, -0.15) is 15.0 Å². The molecule has 0 aliphatic carbocycles. The molecule has 0 amide bonds. The van der Waals surface area contributed by atoms with Crippen LogP contribution < -0.4 is 11.1 Å². The number of aromatic nitrogens is 3. The van der Waals surface area contributed by atoms with Gasteiger partial charge in [-0.05, 0) is 24.3 Å². The van der Waals surface area contributed by atoms with E-state index in [0.717, 1.165) is 0 Å². The molecule has 6 heteroatoms. The second-order valence-corrected chi connectivity index (χ2v) is 5.43. The van der Waals surface area contributed by atoms with Gasteiger partial charge >= 0.3 is 0 Å². The van der Waals surface area contributed by atoms with E-state index >= 15 is 0 Å². The highest BCUT2D eigenvalue weighted by Gasteiger charge is 2.18. The van der Waals surface area contributed by atoms with Crippen molar-refractivity contribution < 1.29 is 0 Å². The third-order valence-corrected chi connectivity index (χ3v) is 3.52. The van der Waals surface area contributed by atoms with Gasteiger partial charge in [0.25, 0.3) is 0 Å². The third kappa shape index (κ3) is 2.95. The number of rotatable bonds is 4. The van der Waals surface area contributed by atoms with E-state index in [4.69, 9.17) is 5.73 Å². The summed E-state index contributed by atoms with van der Waals surface area (Å²) in [7, 11) is 0. The molecule has 0 saturated heterocycles. The van der Waals surface area contributed by atoms with E-state index in [-0.39, 0.29) is 12.0 Å². The van der Waals surface area contributed by atoms with Gasteiger partial charge in [0.05, 0.1) is 6.04 Å². The Morgan fingerprint density at radius 2 is 2.06 bits per heavy atom. The van der Waals surface area contributed by atoms with Crippen LogP contribution in [-0.4, -0.2) is 15.0 Å². The number of nitrogens with two attached hydrogens (primary N) is 1. The number of hydrogen-bond donors (Lipinski definition) is 2. The Morgan fingerprint density at radius 3 is 2.61 bits per heavy atom. The lowest BCUT2D eigenvalue weighted by Crippen LogP contribution is -2.18. The maximum Gasteiger partial charge on any atom is 0.228 e. The number of nitrogen functional groups attached to an aromatic ring is 1. The fraction of sp³-hybridized carbons (Fsp3) is 0.417. The van der Waals surface area contributed by atoms with Gasteiger partial charge in [-0.1, -0.05) is 19.9 Å². The van der Waals surface area contributed by atoms with Crippen molar-refractivity contribution in [3.05, 3.63) is 28.2 Å². The molecule has 3 N–H and O–H groups in total. The molecule has 2 aromatic rings. The predicted octanol–water partition coefficient (Wildman–Crippen LogP) is 2.63. The van der Waals surface area contributed by atoms with Crippen molar-refractivity contribution in [1.82, 2.24) is 15.0 Å². The van der Waals surface area contributed by atoms with Crippen molar-refractivity contribution >= 4 is 23.2 Å². The van der Waals surface area contributed by atoms with Crippen LogP contribution >= 0.6 is 11.3 Å². The fourth-order valence-electron chi connectivity index (χ4n) is 1.74. The monoisotopic (exact) mass is 263 g/mol. The zero-order valence-electron chi connectivity index (χ0n) is 10.7. The lowest BCUT2D eigenvalue weighted by Gasteiger charge is -2.21. The van der Waals surface area contributed by atoms with Crippen molar-refractivity contribution in [2.45, 2.75) is 26.8 Å². The third-order valence-electron chi connectivity index (χ3n) is 2.57. The quantitative estimate of drug-likeness (QED) is 0.886. The Hall–Kier alpha value is -1.69. The zero-order chi connectivity index (χ0) is 13.1. The van der Waals surface area contributed by atoms with Crippen molar-refractivity contribution in [1.29, 1.82) is 0 Å². The summed E-state index contributed by atoms with van der Waals surface area (Å²) in [5, 5.41) is 5.40. The summed E-state index contributed by atoms with van der Waals surface area (Å²) in [6.07, 6.45) is 0. The fourth-order valence-corrected chi connectivity index (χ4v) is 2.69. The lowest BCUT2D eigenvalue weighted by molar-refractivity contribution is 0.549. The van der Waals surface area contributed by atoms with Gasteiger partial charge in [-0.3, -0.25) is 0 Å². The van der Waals surface area contributed by atoms with E-state index in [0.29, 0.717) is 17.7 Å². The van der Waals surface area contributed by atoms with E-state index in [2.05, 4.69) is 45.6 Å². The number of anilines is 2. The van der Waals surface area contributed by atoms with Crippen LogP contribution in [-0.2, 0) is 0 Å². The molecular weight excluding hydrogens is 246 g/mol. The SMILES string of the molecule is Cc1nc(N)nc(NC(c2cccs2)C(C)C)n1. The molecular formula is C12H17N5S. The maximum absolute atomic E-state index is 5.63. The summed E-state index contributed by atoms with van der Waals surface area (Å²) in [6, 6.07) is 4.34. The number of aryl methyl sites for hydroxylation is 1. The highest BCUT2D eigenvalue weighted by Crippen LogP contribution is 2.28. The van der Waals surface area contributed by atoms with Gasteiger partial charge in [0.15, 0.2) is 0 Å². The van der Waals surface area contributed by atoms with Gasteiger partial charge in [-0.25, -0.2) is 0 Å². The minimum atomic E-state index is 0.186. The number of nitrogens with one attached hydrogen (secondary N) is 1. The minimum absolute atomic E-state index is 0.186.